The summed E-state index contributed by atoms with van der Waals surface area (Å²) in [5.41, 5.74) is 1.14. The van der Waals surface area contributed by atoms with Crippen LogP contribution in [0, 0.1) is 5.41 Å². The fraction of sp³-hybridized carbons (Fsp3) is 0.357. The van der Waals surface area contributed by atoms with Crippen LogP contribution in [0.2, 0.25) is 0 Å². The predicted octanol–water partition coefficient (Wildman–Crippen LogP) is 3.71. The standard InChI is InChI=1S/C14H18O/c1-14(2,3)11-13(15)10-9-12-7-5-4-6-8-12/h4-10H,11H2,1-3H3/b10-9+. The van der Waals surface area contributed by atoms with Crippen molar-refractivity contribution in [2.24, 2.45) is 5.41 Å². The van der Waals surface area contributed by atoms with Crippen molar-refractivity contribution < 1.29 is 4.79 Å². The maximum Gasteiger partial charge on any atom is 0.156 e. The summed E-state index contributed by atoms with van der Waals surface area (Å²) in [6.07, 6.45) is 4.13. The van der Waals surface area contributed by atoms with Gasteiger partial charge >= 0.3 is 0 Å². The molecule has 0 amide bonds. The topological polar surface area (TPSA) is 17.1 Å². The van der Waals surface area contributed by atoms with E-state index in [1.165, 1.54) is 0 Å². The van der Waals surface area contributed by atoms with Crippen molar-refractivity contribution in [1.82, 2.24) is 0 Å². The van der Waals surface area contributed by atoms with Crippen LogP contribution in [0.15, 0.2) is 36.4 Å². The predicted molar refractivity (Wildman–Crippen MR) is 64.6 cm³/mol. The number of carbonyl (C=O) groups is 1. The monoisotopic (exact) mass is 202 g/mol. The maximum absolute atomic E-state index is 11.5. The van der Waals surface area contributed by atoms with E-state index < -0.39 is 0 Å². The highest BCUT2D eigenvalue weighted by Crippen LogP contribution is 2.19. The Morgan fingerprint density at radius 3 is 2.33 bits per heavy atom. The molecule has 0 aliphatic rings. The quantitative estimate of drug-likeness (QED) is 0.683. The summed E-state index contributed by atoms with van der Waals surface area (Å²) in [5.74, 6) is 0.186. The van der Waals surface area contributed by atoms with Gasteiger partial charge in [-0.15, -0.1) is 0 Å². The first-order valence-corrected chi connectivity index (χ1v) is 5.23. The molecule has 0 aromatic heterocycles. The minimum atomic E-state index is 0.0676. The molecule has 80 valence electrons. The maximum atomic E-state index is 11.5. The lowest BCUT2D eigenvalue weighted by molar-refractivity contribution is -0.116. The van der Waals surface area contributed by atoms with E-state index in [1.807, 2.05) is 36.4 Å². The second-order valence-corrected chi connectivity index (χ2v) is 4.95. The molecule has 1 aromatic carbocycles. The number of allylic oxidation sites excluding steroid dienone is 1. The van der Waals surface area contributed by atoms with Gasteiger partial charge in [0.05, 0.1) is 0 Å². The lowest BCUT2D eigenvalue weighted by atomic mass is 9.90. The van der Waals surface area contributed by atoms with E-state index >= 15 is 0 Å². The SMILES string of the molecule is CC(C)(C)CC(=O)/C=C/c1ccccc1. The van der Waals surface area contributed by atoms with E-state index in [1.54, 1.807) is 6.08 Å². The van der Waals surface area contributed by atoms with Crippen molar-refractivity contribution in [1.29, 1.82) is 0 Å². The third-order valence-corrected chi connectivity index (χ3v) is 1.97. The van der Waals surface area contributed by atoms with Gasteiger partial charge in [-0.3, -0.25) is 4.79 Å². The highest BCUT2D eigenvalue weighted by atomic mass is 16.1. The van der Waals surface area contributed by atoms with Crippen molar-refractivity contribution in [3.8, 4) is 0 Å². The lowest BCUT2D eigenvalue weighted by Crippen LogP contribution is -2.10. The lowest BCUT2D eigenvalue weighted by Gasteiger charge is -2.14. The van der Waals surface area contributed by atoms with Crippen molar-refractivity contribution in [2.75, 3.05) is 0 Å². The smallest absolute Gasteiger partial charge is 0.156 e. The summed E-state index contributed by atoms with van der Waals surface area (Å²) in [5, 5.41) is 0. The average Bonchev–Trinajstić information content (AvgIpc) is 2.14. The first-order valence-electron chi connectivity index (χ1n) is 5.23. The minimum absolute atomic E-state index is 0.0676. The van der Waals surface area contributed by atoms with Crippen LogP contribution in [-0.2, 0) is 4.79 Å². The van der Waals surface area contributed by atoms with Crippen molar-refractivity contribution in [3.05, 3.63) is 42.0 Å². The Labute approximate surface area is 91.8 Å². The van der Waals surface area contributed by atoms with Gasteiger partial charge in [0.15, 0.2) is 5.78 Å². The molecule has 1 rings (SSSR count). The molecule has 0 unspecified atom stereocenters. The number of ketones is 1. The van der Waals surface area contributed by atoms with Gasteiger partial charge in [0.1, 0.15) is 0 Å². The molecule has 0 bridgehead atoms. The Hall–Kier alpha value is -1.37. The molecule has 0 heterocycles. The molecule has 15 heavy (non-hydrogen) atoms. The Balaban J connectivity index is 2.56. The summed E-state index contributed by atoms with van der Waals surface area (Å²) in [7, 11) is 0. The van der Waals surface area contributed by atoms with Crippen LogP contribution in [-0.4, -0.2) is 5.78 Å². The van der Waals surface area contributed by atoms with Crippen LogP contribution >= 0.6 is 0 Å². The van der Waals surface area contributed by atoms with Crippen molar-refractivity contribution >= 4 is 11.9 Å². The third kappa shape index (κ3) is 5.16. The van der Waals surface area contributed by atoms with Gasteiger partial charge in [-0.05, 0) is 17.1 Å². The second kappa shape index (κ2) is 4.92. The van der Waals surface area contributed by atoms with Crippen molar-refractivity contribution in [3.63, 3.8) is 0 Å². The van der Waals surface area contributed by atoms with E-state index in [-0.39, 0.29) is 11.2 Å². The van der Waals surface area contributed by atoms with Crippen LogP contribution in [0.1, 0.15) is 32.8 Å². The fourth-order valence-corrected chi connectivity index (χ4v) is 1.33. The number of carbonyl (C=O) groups excluding carboxylic acids is 1. The van der Waals surface area contributed by atoms with E-state index in [0.29, 0.717) is 6.42 Å². The van der Waals surface area contributed by atoms with Gasteiger partial charge in [0.25, 0.3) is 0 Å². The van der Waals surface area contributed by atoms with Gasteiger partial charge in [0, 0.05) is 6.42 Å². The molecule has 0 atom stereocenters. The molecule has 0 aliphatic heterocycles. The number of benzene rings is 1. The molecule has 0 N–H and O–H groups in total. The van der Waals surface area contributed by atoms with Crippen LogP contribution < -0.4 is 0 Å². The van der Waals surface area contributed by atoms with Gasteiger partial charge < -0.3 is 0 Å². The summed E-state index contributed by atoms with van der Waals surface area (Å²) < 4.78 is 0. The van der Waals surface area contributed by atoms with E-state index in [0.717, 1.165) is 5.56 Å². The van der Waals surface area contributed by atoms with Crippen LogP contribution in [0.5, 0.6) is 0 Å². The van der Waals surface area contributed by atoms with E-state index in [4.69, 9.17) is 0 Å². The molecule has 0 saturated heterocycles. The summed E-state index contributed by atoms with van der Waals surface area (Å²) in [6.45, 7) is 6.21. The molecule has 1 aromatic rings. The summed E-state index contributed by atoms with van der Waals surface area (Å²) in [4.78, 5) is 11.5. The first kappa shape index (κ1) is 11.7. The van der Waals surface area contributed by atoms with Gasteiger partial charge in [-0.2, -0.15) is 0 Å². The fourth-order valence-electron chi connectivity index (χ4n) is 1.33. The number of hydrogen-bond acceptors (Lipinski definition) is 1. The van der Waals surface area contributed by atoms with Gasteiger partial charge in [-0.1, -0.05) is 57.2 Å². The zero-order valence-corrected chi connectivity index (χ0v) is 9.66. The Morgan fingerprint density at radius 2 is 1.80 bits per heavy atom. The zero-order valence-electron chi connectivity index (χ0n) is 9.66. The highest BCUT2D eigenvalue weighted by molar-refractivity contribution is 5.93. The Bertz CT molecular complexity index is 341. The molecule has 1 heteroatoms. The normalized spacial score (nSPS) is 11.9. The van der Waals surface area contributed by atoms with Gasteiger partial charge in [0.2, 0.25) is 0 Å². The summed E-state index contributed by atoms with van der Waals surface area (Å²) >= 11 is 0. The zero-order chi connectivity index (χ0) is 11.3. The Morgan fingerprint density at radius 1 is 1.20 bits per heavy atom. The molecule has 0 saturated carbocycles. The Kier molecular flexibility index (Phi) is 3.84. The average molecular weight is 202 g/mol. The number of hydrogen-bond donors (Lipinski definition) is 0. The molecule has 0 spiro atoms. The van der Waals surface area contributed by atoms with E-state index in [9.17, 15) is 4.79 Å². The third-order valence-electron chi connectivity index (χ3n) is 1.97. The van der Waals surface area contributed by atoms with Crippen LogP contribution in [0.3, 0.4) is 0 Å². The first-order chi connectivity index (χ1) is 6.97. The van der Waals surface area contributed by atoms with E-state index in [2.05, 4.69) is 20.8 Å². The largest absolute Gasteiger partial charge is 0.295 e. The summed E-state index contributed by atoms with van der Waals surface area (Å²) in [6, 6.07) is 9.87. The molecule has 0 radical (unpaired) electrons. The second-order valence-electron chi connectivity index (χ2n) is 4.95. The highest BCUT2D eigenvalue weighted by Gasteiger charge is 2.13. The molecule has 0 fully saturated rings. The van der Waals surface area contributed by atoms with Crippen LogP contribution in [0.25, 0.3) is 6.08 Å². The van der Waals surface area contributed by atoms with Gasteiger partial charge in [-0.25, -0.2) is 0 Å². The minimum Gasteiger partial charge on any atom is -0.295 e. The molecule has 1 nitrogen and oxygen atoms in total. The van der Waals surface area contributed by atoms with Crippen LogP contribution in [0.4, 0.5) is 0 Å². The van der Waals surface area contributed by atoms with Crippen molar-refractivity contribution in [2.45, 2.75) is 27.2 Å². The molecule has 0 aliphatic carbocycles. The number of rotatable bonds is 3. The molecular formula is C14H18O. The molecular weight excluding hydrogens is 184 g/mol.